The summed E-state index contributed by atoms with van der Waals surface area (Å²) in [4.78, 5) is 22.5. The number of rotatable bonds is 7. The van der Waals surface area contributed by atoms with Crippen molar-refractivity contribution >= 4 is 11.9 Å². The summed E-state index contributed by atoms with van der Waals surface area (Å²) < 4.78 is 5.24. The van der Waals surface area contributed by atoms with E-state index in [1.54, 1.807) is 20.8 Å². The fourth-order valence-electron chi connectivity index (χ4n) is 1.54. The molecule has 19 heavy (non-hydrogen) atoms. The second kappa shape index (κ2) is 7.10. The number of hydrogen-bond donors (Lipinski definition) is 2. The SMILES string of the molecule is CC(C)(C)OC(=O)C(N)(CCC#N)CCCC(=O)O. The van der Waals surface area contributed by atoms with Crippen LogP contribution in [0, 0.1) is 11.3 Å². The highest BCUT2D eigenvalue weighted by atomic mass is 16.6. The maximum Gasteiger partial charge on any atom is 0.326 e. The lowest BCUT2D eigenvalue weighted by Crippen LogP contribution is -2.51. The lowest BCUT2D eigenvalue weighted by atomic mass is 9.88. The Balaban J connectivity index is 4.70. The number of carboxylic acids is 1. The zero-order valence-electron chi connectivity index (χ0n) is 11.7. The molecule has 0 fully saturated rings. The number of aliphatic carboxylic acids is 1. The molecule has 0 aliphatic heterocycles. The van der Waals surface area contributed by atoms with Crippen molar-refractivity contribution in [2.75, 3.05) is 0 Å². The fourth-order valence-corrected chi connectivity index (χ4v) is 1.54. The number of nitriles is 1. The summed E-state index contributed by atoms with van der Waals surface area (Å²) in [6.45, 7) is 5.19. The van der Waals surface area contributed by atoms with Gasteiger partial charge in [0.15, 0.2) is 0 Å². The third-order valence-electron chi connectivity index (χ3n) is 2.50. The molecule has 0 heterocycles. The van der Waals surface area contributed by atoms with Crippen LogP contribution in [-0.2, 0) is 14.3 Å². The molecule has 0 radical (unpaired) electrons. The Morgan fingerprint density at radius 3 is 2.32 bits per heavy atom. The summed E-state index contributed by atoms with van der Waals surface area (Å²) in [5.41, 5.74) is 4.04. The Bertz CT molecular complexity index is 368. The van der Waals surface area contributed by atoms with Crippen molar-refractivity contribution in [1.82, 2.24) is 0 Å². The van der Waals surface area contributed by atoms with Gasteiger partial charge in [-0.15, -0.1) is 0 Å². The van der Waals surface area contributed by atoms with E-state index in [1.165, 1.54) is 0 Å². The molecule has 0 aromatic rings. The normalized spacial score (nSPS) is 14.3. The third-order valence-corrected chi connectivity index (χ3v) is 2.50. The molecular formula is C13H22N2O4. The van der Waals surface area contributed by atoms with Crippen LogP contribution in [0.25, 0.3) is 0 Å². The zero-order chi connectivity index (χ0) is 15.1. The molecule has 0 aromatic heterocycles. The minimum absolute atomic E-state index is 0.0612. The summed E-state index contributed by atoms with van der Waals surface area (Å²) in [6.07, 6.45) is 0.696. The van der Waals surface area contributed by atoms with Crippen LogP contribution in [0.3, 0.4) is 0 Å². The number of hydrogen-bond acceptors (Lipinski definition) is 5. The standard InChI is InChI=1S/C13H22N2O4/c1-12(2,3)19-11(18)13(15,8-5-9-14)7-4-6-10(16)17/h4-8,15H2,1-3H3,(H,16,17). The molecule has 0 saturated heterocycles. The van der Waals surface area contributed by atoms with Gasteiger partial charge < -0.3 is 15.6 Å². The van der Waals surface area contributed by atoms with Crippen molar-refractivity contribution in [2.45, 2.75) is 64.0 Å². The van der Waals surface area contributed by atoms with E-state index in [2.05, 4.69) is 0 Å². The number of ether oxygens (including phenoxy) is 1. The van der Waals surface area contributed by atoms with E-state index in [4.69, 9.17) is 20.8 Å². The van der Waals surface area contributed by atoms with Crippen LogP contribution in [0.1, 0.15) is 52.9 Å². The van der Waals surface area contributed by atoms with E-state index >= 15 is 0 Å². The van der Waals surface area contributed by atoms with Gasteiger partial charge in [-0.2, -0.15) is 5.26 Å². The molecule has 0 amide bonds. The molecule has 0 aliphatic carbocycles. The van der Waals surface area contributed by atoms with Gasteiger partial charge in [0.2, 0.25) is 0 Å². The van der Waals surface area contributed by atoms with Gasteiger partial charge in [0, 0.05) is 12.8 Å². The van der Waals surface area contributed by atoms with Crippen LogP contribution in [0.4, 0.5) is 0 Å². The first-order valence-corrected chi connectivity index (χ1v) is 6.22. The monoisotopic (exact) mass is 270 g/mol. The summed E-state index contributed by atoms with van der Waals surface area (Å²) in [5, 5.41) is 17.2. The third kappa shape index (κ3) is 7.42. The van der Waals surface area contributed by atoms with E-state index in [9.17, 15) is 9.59 Å². The topological polar surface area (TPSA) is 113 Å². The van der Waals surface area contributed by atoms with E-state index in [-0.39, 0.29) is 32.1 Å². The molecule has 6 nitrogen and oxygen atoms in total. The molecule has 3 N–H and O–H groups in total. The van der Waals surface area contributed by atoms with Crippen LogP contribution < -0.4 is 5.73 Å². The number of esters is 1. The lowest BCUT2D eigenvalue weighted by molar-refractivity contribution is -0.162. The first-order valence-electron chi connectivity index (χ1n) is 6.22. The second-order valence-corrected chi connectivity index (χ2v) is 5.56. The number of nitrogens with two attached hydrogens (primary N) is 1. The molecule has 0 spiro atoms. The first kappa shape index (κ1) is 17.4. The van der Waals surface area contributed by atoms with Crippen molar-refractivity contribution in [3.8, 4) is 6.07 Å². The van der Waals surface area contributed by atoms with E-state index in [1.807, 2.05) is 6.07 Å². The van der Waals surface area contributed by atoms with Crippen molar-refractivity contribution in [1.29, 1.82) is 5.26 Å². The molecule has 1 unspecified atom stereocenters. The van der Waals surface area contributed by atoms with Crippen molar-refractivity contribution < 1.29 is 19.4 Å². The summed E-state index contributed by atoms with van der Waals surface area (Å²) in [6, 6.07) is 1.94. The van der Waals surface area contributed by atoms with E-state index in [0.29, 0.717) is 0 Å². The maximum atomic E-state index is 12.1. The highest BCUT2D eigenvalue weighted by molar-refractivity contribution is 5.81. The zero-order valence-corrected chi connectivity index (χ0v) is 11.7. The smallest absolute Gasteiger partial charge is 0.326 e. The van der Waals surface area contributed by atoms with Gasteiger partial charge in [-0.05, 0) is 40.0 Å². The Morgan fingerprint density at radius 1 is 1.32 bits per heavy atom. The average Bonchev–Trinajstić information content (AvgIpc) is 2.23. The number of nitrogens with zero attached hydrogens (tertiary/aromatic N) is 1. The fraction of sp³-hybridized carbons (Fsp3) is 0.769. The molecule has 0 aliphatic rings. The quantitative estimate of drug-likeness (QED) is 0.679. The van der Waals surface area contributed by atoms with Crippen LogP contribution in [0.15, 0.2) is 0 Å². The van der Waals surface area contributed by atoms with Gasteiger partial charge >= 0.3 is 11.9 Å². The van der Waals surface area contributed by atoms with Gasteiger partial charge in [-0.25, -0.2) is 0 Å². The molecule has 6 heteroatoms. The van der Waals surface area contributed by atoms with Gasteiger partial charge in [0.1, 0.15) is 11.1 Å². The largest absolute Gasteiger partial charge is 0.481 e. The predicted molar refractivity (Wildman–Crippen MR) is 69.1 cm³/mol. The van der Waals surface area contributed by atoms with Crippen molar-refractivity contribution in [3.05, 3.63) is 0 Å². The molecule has 108 valence electrons. The number of carbonyl (C=O) groups excluding carboxylic acids is 1. The Labute approximate surface area is 113 Å². The van der Waals surface area contributed by atoms with Crippen LogP contribution in [0.5, 0.6) is 0 Å². The van der Waals surface area contributed by atoms with Crippen LogP contribution in [-0.4, -0.2) is 28.2 Å². The van der Waals surface area contributed by atoms with Gasteiger partial charge in [-0.1, -0.05) is 0 Å². The van der Waals surface area contributed by atoms with Crippen LogP contribution >= 0.6 is 0 Å². The van der Waals surface area contributed by atoms with Crippen LogP contribution in [0.2, 0.25) is 0 Å². The maximum absolute atomic E-state index is 12.1. The van der Waals surface area contributed by atoms with Gasteiger partial charge in [0.05, 0.1) is 6.07 Å². The minimum atomic E-state index is -1.29. The first-order chi connectivity index (χ1) is 8.60. The Morgan fingerprint density at radius 2 is 1.89 bits per heavy atom. The Kier molecular flexibility index (Phi) is 6.49. The van der Waals surface area contributed by atoms with E-state index < -0.39 is 23.1 Å². The molecular weight excluding hydrogens is 248 g/mol. The number of carbonyl (C=O) groups is 2. The number of carboxylic acid groups (broad SMARTS) is 1. The molecule has 0 saturated carbocycles. The molecule has 0 aromatic carbocycles. The minimum Gasteiger partial charge on any atom is -0.481 e. The average molecular weight is 270 g/mol. The summed E-state index contributed by atoms with van der Waals surface area (Å²) >= 11 is 0. The lowest BCUT2D eigenvalue weighted by Gasteiger charge is -2.30. The van der Waals surface area contributed by atoms with Gasteiger partial charge in [0.25, 0.3) is 0 Å². The second-order valence-electron chi connectivity index (χ2n) is 5.56. The van der Waals surface area contributed by atoms with Crippen molar-refractivity contribution in [3.63, 3.8) is 0 Å². The summed E-state index contributed by atoms with van der Waals surface area (Å²) in [7, 11) is 0. The van der Waals surface area contributed by atoms with Gasteiger partial charge in [-0.3, -0.25) is 9.59 Å². The van der Waals surface area contributed by atoms with Crippen molar-refractivity contribution in [2.24, 2.45) is 5.73 Å². The highest BCUT2D eigenvalue weighted by Gasteiger charge is 2.37. The summed E-state index contributed by atoms with van der Waals surface area (Å²) in [5.74, 6) is -1.52. The molecule has 1 atom stereocenters. The Hall–Kier alpha value is -1.61. The molecule has 0 bridgehead atoms. The van der Waals surface area contributed by atoms with E-state index in [0.717, 1.165) is 0 Å². The molecule has 0 rings (SSSR count). The predicted octanol–water partition coefficient (Wildman–Crippen LogP) is 1.58. The highest BCUT2D eigenvalue weighted by Crippen LogP contribution is 2.22.